The minimum absolute atomic E-state index is 0.0121. The summed E-state index contributed by atoms with van der Waals surface area (Å²) in [5.41, 5.74) is 0.235. The van der Waals surface area contributed by atoms with Gasteiger partial charge in [-0.3, -0.25) is 4.79 Å². The molecule has 5 nitrogen and oxygen atoms in total. The van der Waals surface area contributed by atoms with Crippen molar-refractivity contribution in [3.05, 3.63) is 18.1 Å². The van der Waals surface area contributed by atoms with E-state index in [-0.39, 0.29) is 39.6 Å². The standard InChI is InChI=1S/C33H50NO4/c1-19-16-22(17-34(20(2)35)21-8-7-9-21)38-27-26(19)30(5)14-15-33-18-32(33)13-12-25(36)29(3,4)23(32)10-11-24(33)31(30,6)28(27)37/h19,21,23,25-26,28,36-37H,7-18H2,1-6H3/t19-,23+,25?,26+,28+,30-,31-,32-,33+/m1/s1. The first kappa shape index (κ1) is 26.3. The van der Waals surface area contributed by atoms with Crippen molar-refractivity contribution in [1.29, 1.82) is 0 Å². The number of nitrogens with zero attached hydrogens (tertiary/aromatic N) is 1. The van der Waals surface area contributed by atoms with Gasteiger partial charge < -0.3 is 19.8 Å². The van der Waals surface area contributed by atoms with E-state index in [2.05, 4.69) is 34.6 Å². The van der Waals surface area contributed by atoms with Gasteiger partial charge in [0, 0.05) is 24.3 Å². The Labute approximate surface area is 230 Å². The topological polar surface area (TPSA) is 70.0 Å². The first-order valence-electron chi connectivity index (χ1n) is 15.7. The van der Waals surface area contributed by atoms with Crippen molar-refractivity contribution >= 4 is 5.91 Å². The van der Waals surface area contributed by atoms with Crippen molar-refractivity contribution in [1.82, 2.24) is 4.90 Å². The molecular formula is C33H50NO4. The van der Waals surface area contributed by atoms with Crippen molar-refractivity contribution in [2.24, 2.45) is 44.8 Å². The molecule has 1 amide bonds. The third-order valence-corrected chi connectivity index (χ3v) is 14.3. The predicted octanol–water partition coefficient (Wildman–Crippen LogP) is 5.85. The number of hydrogen-bond donors (Lipinski definition) is 2. The minimum Gasteiger partial charge on any atom is -0.393 e. The Morgan fingerprint density at radius 3 is 2.45 bits per heavy atom. The Balaban J connectivity index is 1.19. The van der Waals surface area contributed by atoms with Gasteiger partial charge in [-0.05, 0) is 110 Å². The zero-order valence-corrected chi connectivity index (χ0v) is 24.6. The molecule has 5 heteroatoms. The van der Waals surface area contributed by atoms with Crippen molar-refractivity contribution in [2.75, 3.05) is 6.54 Å². The highest BCUT2D eigenvalue weighted by Crippen LogP contribution is 2.90. The fourth-order valence-corrected chi connectivity index (χ4v) is 12.0. The molecular weight excluding hydrogens is 474 g/mol. The van der Waals surface area contributed by atoms with Gasteiger partial charge >= 0.3 is 0 Å². The highest BCUT2D eigenvalue weighted by atomic mass is 16.5. The molecule has 1 saturated heterocycles. The van der Waals surface area contributed by atoms with Gasteiger partial charge in [0.1, 0.15) is 12.2 Å². The molecule has 1 aliphatic heterocycles. The fourth-order valence-electron chi connectivity index (χ4n) is 12.0. The molecule has 211 valence electrons. The molecule has 6 aliphatic carbocycles. The van der Waals surface area contributed by atoms with Crippen LogP contribution in [0, 0.1) is 63.0 Å². The Morgan fingerprint density at radius 1 is 1.05 bits per heavy atom. The molecule has 3 radical (unpaired) electrons. The summed E-state index contributed by atoms with van der Waals surface area (Å²) in [7, 11) is 0. The van der Waals surface area contributed by atoms with Crippen LogP contribution < -0.4 is 0 Å². The molecule has 9 atom stereocenters. The molecule has 7 rings (SSSR count). The highest BCUT2D eigenvalue weighted by Gasteiger charge is 2.85. The normalized spacial score (nSPS) is 52.2. The molecule has 0 aromatic rings. The first-order chi connectivity index (χ1) is 17.8. The minimum atomic E-state index is -0.590. The summed E-state index contributed by atoms with van der Waals surface area (Å²) in [6.07, 6.45) is 13.3. The number of aliphatic hydroxyl groups is 2. The van der Waals surface area contributed by atoms with Gasteiger partial charge in [-0.15, -0.1) is 0 Å². The van der Waals surface area contributed by atoms with Crippen molar-refractivity contribution in [2.45, 2.75) is 130 Å². The number of fused-ring (bicyclic) bond motifs is 4. The van der Waals surface area contributed by atoms with E-state index in [1.54, 1.807) is 12.8 Å². The van der Waals surface area contributed by atoms with Gasteiger partial charge in [0.05, 0.1) is 18.8 Å². The molecule has 7 aliphatic rings. The summed E-state index contributed by atoms with van der Waals surface area (Å²) in [6, 6.07) is 0.350. The molecule has 1 heterocycles. The van der Waals surface area contributed by atoms with Crippen LogP contribution in [0.1, 0.15) is 112 Å². The summed E-state index contributed by atoms with van der Waals surface area (Å²) in [4.78, 5) is 14.5. The third kappa shape index (κ3) is 2.93. The van der Waals surface area contributed by atoms with Crippen LogP contribution in [-0.2, 0) is 9.53 Å². The molecule has 0 aromatic heterocycles. The number of carbonyl (C=O) groups excluding carboxylic acids is 1. The second kappa shape index (κ2) is 8.00. The SMILES string of the molecule is CC(=O)N(C[C]1C[C@@H](C)[C@H]2[C](O1)[C@H](O)[C@@]1(C)[C]3CC[C@H]4C(C)(C)C(O)CC[C@@]45C[C@@]35CC[C@]21C)C1CCC1. The third-order valence-electron chi connectivity index (χ3n) is 14.3. The summed E-state index contributed by atoms with van der Waals surface area (Å²) in [5, 5.41) is 23.2. The van der Waals surface area contributed by atoms with Crippen LogP contribution in [0.15, 0.2) is 0 Å². The maximum Gasteiger partial charge on any atom is 0.219 e. The van der Waals surface area contributed by atoms with Crippen molar-refractivity contribution in [3.8, 4) is 0 Å². The predicted molar refractivity (Wildman–Crippen MR) is 146 cm³/mol. The van der Waals surface area contributed by atoms with Gasteiger partial charge in [0.25, 0.3) is 0 Å². The van der Waals surface area contributed by atoms with Crippen LogP contribution >= 0.6 is 0 Å². The van der Waals surface area contributed by atoms with E-state index in [1.165, 1.54) is 19.3 Å². The largest absolute Gasteiger partial charge is 0.393 e. The number of ether oxygens (including phenoxy) is 1. The maximum absolute atomic E-state index is 12.5. The lowest BCUT2D eigenvalue weighted by molar-refractivity contribution is -0.134. The molecule has 1 unspecified atom stereocenters. The van der Waals surface area contributed by atoms with Gasteiger partial charge in [-0.1, -0.05) is 34.6 Å². The van der Waals surface area contributed by atoms with Gasteiger partial charge in [-0.25, -0.2) is 0 Å². The van der Waals surface area contributed by atoms with Crippen LogP contribution in [0.2, 0.25) is 0 Å². The monoisotopic (exact) mass is 524 g/mol. The molecule has 7 fully saturated rings. The fraction of sp³-hybridized carbons (Fsp3) is 0.879. The van der Waals surface area contributed by atoms with E-state index in [0.717, 1.165) is 63.6 Å². The van der Waals surface area contributed by atoms with E-state index in [4.69, 9.17) is 4.74 Å². The van der Waals surface area contributed by atoms with Crippen LogP contribution in [0.25, 0.3) is 0 Å². The lowest BCUT2D eigenvalue weighted by Crippen LogP contribution is -2.58. The Morgan fingerprint density at radius 2 is 1.79 bits per heavy atom. The lowest BCUT2D eigenvalue weighted by atomic mass is 9.41. The van der Waals surface area contributed by atoms with E-state index in [0.29, 0.717) is 29.8 Å². The molecule has 38 heavy (non-hydrogen) atoms. The molecule has 6 saturated carbocycles. The smallest absolute Gasteiger partial charge is 0.219 e. The van der Waals surface area contributed by atoms with Crippen molar-refractivity contribution in [3.63, 3.8) is 0 Å². The number of hydrogen-bond acceptors (Lipinski definition) is 4. The van der Waals surface area contributed by atoms with Gasteiger partial charge in [0.15, 0.2) is 0 Å². The number of aliphatic hydroxyl groups excluding tert-OH is 2. The summed E-state index contributed by atoms with van der Waals surface area (Å²) >= 11 is 0. The van der Waals surface area contributed by atoms with Crippen molar-refractivity contribution < 1.29 is 19.7 Å². The Hall–Kier alpha value is -0.650. The summed E-state index contributed by atoms with van der Waals surface area (Å²) in [6.45, 7) is 14.1. The summed E-state index contributed by atoms with van der Waals surface area (Å²) < 4.78 is 6.74. The quantitative estimate of drug-likeness (QED) is 0.486. The molecule has 2 spiro atoms. The zero-order valence-electron chi connectivity index (χ0n) is 24.6. The summed E-state index contributed by atoms with van der Waals surface area (Å²) in [5.74, 6) is 3.01. The van der Waals surface area contributed by atoms with Gasteiger partial charge in [-0.2, -0.15) is 0 Å². The van der Waals surface area contributed by atoms with Gasteiger partial charge in [0.2, 0.25) is 5.91 Å². The zero-order chi connectivity index (χ0) is 27.0. The van der Waals surface area contributed by atoms with Crippen LogP contribution in [-0.4, -0.2) is 45.8 Å². The average Bonchev–Trinajstić information content (AvgIpc) is 3.45. The molecule has 0 bridgehead atoms. The highest BCUT2D eigenvalue weighted by molar-refractivity contribution is 5.74. The van der Waals surface area contributed by atoms with E-state index < -0.39 is 6.10 Å². The van der Waals surface area contributed by atoms with Crippen LogP contribution in [0.4, 0.5) is 0 Å². The Bertz CT molecular complexity index is 1010. The lowest BCUT2D eigenvalue weighted by Gasteiger charge is -2.63. The first-order valence-corrected chi connectivity index (χ1v) is 15.7. The second-order valence-electron chi connectivity index (χ2n) is 15.8. The maximum atomic E-state index is 12.5. The number of amides is 1. The average molecular weight is 525 g/mol. The van der Waals surface area contributed by atoms with Crippen LogP contribution in [0.3, 0.4) is 0 Å². The second-order valence-corrected chi connectivity index (χ2v) is 15.8. The van der Waals surface area contributed by atoms with E-state index in [9.17, 15) is 15.0 Å². The molecule has 2 N–H and O–H groups in total. The number of rotatable bonds is 3. The van der Waals surface area contributed by atoms with Crippen LogP contribution in [0.5, 0.6) is 0 Å². The molecule has 0 aromatic carbocycles. The van der Waals surface area contributed by atoms with E-state index >= 15 is 0 Å². The van der Waals surface area contributed by atoms with E-state index in [1.807, 2.05) is 4.90 Å². The number of carbonyl (C=O) groups is 1. The Kier molecular flexibility index (Phi) is 5.53.